The zero-order valence-electron chi connectivity index (χ0n) is 16.4. The largest absolute Gasteiger partial charge is 0.340 e. The highest BCUT2D eigenvalue weighted by molar-refractivity contribution is 5.76. The van der Waals surface area contributed by atoms with E-state index < -0.39 is 11.2 Å². The highest BCUT2D eigenvalue weighted by Gasteiger charge is 2.22. The van der Waals surface area contributed by atoms with Gasteiger partial charge >= 0.3 is 5.69 Å². The zero-order chi connectivity index (χ0) is 20.4. The van der Waals surface area contributed by atoms with Gasteiger partial charge in [-0.2, -0.15) is 0 Å². The fraction of sp³-hybridized carbons (Fsp3) is 0.400. The molecule has 0 aliphatic carbocycles. The molecule has 0 atom stereocenters. The van der Waals surface area contributed by atoms with Gasteiger partial charge in [0.1, 0.15) is 5.82 Å². The Labute approximate surface area is 167 Å². The summed E-state index contributed by atoms with van der Waals surface area (Å²) in [6.45, 7) is 3.89. The average molecular weight is 396 g/mol. The predicted molar refractivity (Wildman–Crippen MR) is 109 cm³/mol. The van der Waals surface area contributed by atoms with E-state index in [9.17, 15) is 14.4 Å². The molecule has 1 amide bonds. The minimum Gasteiger partial charge on any atom is -0.340 e. The minimum absolute atomic E-state index is 0.0190. The van der Waals surface area contributed by atoms with E-state index in [0.29, 0.717) is 13.1 Å². The number of benzene rings is 1. The molecular weight excluding hydrogens is 372 g/mol. The molecule has 1 N–H and O–H groups in total. The number of nitrogens with zero attached hydrogens (tertiary/aromatic N) is 5. The first kappa shape index (κ1) is 19.1. The molecule has 1 saturated heterocycles. The third-order valence-electron chi connectivity index (χ3n) is 5.43. The number of piperazine rings is 1. The van der Waals surface area contributed by atoms with Gasteiger partial charge in [-0.15, -0.1) is 0 Å². The molecular formula is C20H24N6O3. The van der Waals surface area contributed by atoms with E-state index in [1.807, 2.05) is 30.1 Å². The third kappa shape index (κ3) is 4.14. The van der Waals surface area contributed by atoms with Crippen molar-refractivity contribution in [3.63, 3.8) is 0 Å². The van der Waals surface area contributed by atoms with Gasteiger partial charge in [-0.05, 0) is 12.1 Å². The minimum atomic E-state index is -0.488. The van der Waals surface area contributed by atoms with Gasteiger partial charge in [0, 0.05) is 58.5 Å². The molecule has 0 radical (unpaired) electrons. The molecule has 9 heteroatoms. The molecule has 1 aromatic carbocycles. The van der Waals surface area contributed by atoms with Crippen molar-refractivity contribution in [3.05, 3.63) is 63.2 Å². The molecule has 1 fully saturated rings. The number of amides is 1. The number of para-hydroxylation sites is 2. The number of aromatic amines is 1. The van der Waals surface area contributed by atoms with Gasteiger partial charge in [0.05, 0.1) is 17.6 Å². The number of aromatic nitrogens is 4. The quantitative estimate of drug-likeness (QED) is 0.663. The number of hydrogen-bond acceptors (Lipinski definition) is 5. The lowest BCUT2D eigenvalue weighted by molar-refractivity contribution is -0.133. The van der Waals surface area contributed by atoms with Crippen LogP contribution in [0.15, 0.2) is 46.1 Å². The van der Waals surface area contributed by atoms with Crippen LogP contribution in [0.4, 0.5) is 0 Å². The molecule has 1 aliphatic heterocycles. The van der Waals surface area contributed by atoms with E-state index in [1.54, 1.807) is 0 Å². The van der Waals surface area contributed by atoms with Gasteiger partial charge in [-0.3, -0.25) is 19.5 Å². The molecule has 3 aromatic rings. The number of imidazole rings is 1. The highest BCUT2D eigenvalue weighted by atomic mass is 16.2. The molecule has 0 bridgehead atoms. The van der Waals surface area contributed by atoms with Crippen molar-refractivity contribution in [1.82, 2.24) is 28.9 Å². The summed E-state index contributed by atoms with van der Waals surface area (Å²) in [5, 5.41) is 0. The maximum Gasteiger partial charge on any atom is 0.328 e. The molecule has 3 heterocycles. The lowest BCUT2D eigenvalue weighted by Crippen LogP contribution is -2.48. The fourth-order valence-corrected chi connectivity index (χ4v) is 3.69. The van der Waals surface area contributed by atoms with Crippen LogP contribution in [0.1, 0.15) is 12.2 Å². The lowest BCUT2D eigenvalue weighted by atomic mass is 10.2. The molecule has 0 spiro atoms. The van der Waals surface area contributed by atoms with Crippen molar-refractivity contribution < 1.29 is 4.79 Å². The molecule has 9 nitrogen and oxygen atoms in total. The van der Waals surface area contributed by atoms with Crippen molar-refractivity contribution in [2.75, 3.05) is 26.2 Å². The van der Waals surface area contributed by atoms with Gasteiger partial charge in [0.25, 0.3) is 5.56 Å². The number of rotatable bonds is 5. The van der Waals surface area contributed by atoms with Gasteiger partial charge in [-0.25, -0.2) is 9.78 Å². The molecule has 4 rings (SSSR count). The number of nitrogens with one attached hydrogen (secondary N) is 1. The molecule has 0 saturated carbocycles. The highest BCUT2D eigenvalue weighted by Crippen LogP contribution is 2.16. The van der Waals surface area contributed by atoms with E-state index in [1.165, 1.54) is 16.8 Å². The smallest absolute Gasteiger partial charge is 0.328 e. The van der Waals surface area contributed by atoms with Crippen LogP contribution in [-0.4, -0.2) is 61.0 Å². The predicted octanol–water partition coefficient (Wildman–Crippen LogP) is 0.158. The van der Waals surface area contributed by atoms with Crippen molar-refractivity contribution in [3.8, 4) is 0 Å². The van der Waals surface area contributed by atoms with Crippen molar-refractivity contribution in [2.24, 2.45) is 7.05 Å². The second-order valence-electron chi connectivity index (χ2n) is 7.29. The van der Waals surface area contributed by atoms with Gasteiger partial charge in [0.2, 0.25) is 5.91 Å². The maximum absolute atomic E-state index is 12.5. The number of aryl methyl sites for hydroxylation is 2. The Morgan fingerprint density at radius 3 is 2.59 bits per heavy atom. The van der Waals surface area contributed by atoms with Crippen molar-refractivity contribution in [1.29, 1.82) is 0 Å². The summed E-state index contributed by atoms with van der Waals surface area (Å²) >= 11 is 0. The maximum atomic E-state index is 12.5. The normalized spacial score (nSPS) is 15.1. The molecule has 152 valence electrons. The van der Waals surface area contributed by atoms with E-state index >= 15 is 0 Å². The average Bonchev–Trinajstić information content (AvgIpc) is 3.03. The zero-order valence-corrected chi connectivity index (χ0v) is 16.4. The standard InChI is InChI=1S/C20H24N6O3/c1-23-16-5-3-2-4-15(16)21-17(23)14-24-10-12-25(13-11-24)19(28)7-9-26-8-6-18(27)22-20(26)29/h2-6,8H,7,9-14H2,1H3,(H,22,27,29). The number of carbonyl (C=O) groups is 1. The Balaban J connectivity index is 1.30. The Morgan fingerprint density at radius 1 is 1.10 bits per heavy atom. The number of carbonyl (C=O) groups excluding carboxylic acids is 1. The number of H-pyrrole nitrogens is 1. The second-order valence-corrected chi connectivity index (χ2v) is 7.29. The van der Waals surface area contributed by atoms with E-state index in [-0.39, 0.29) is 18.9 Å². The first-order valence-corrected chi connectivity index (χ1v) is 9.71. The second kappa shape index (κ2) is 8.04. The fourth-order valence-electron chi connectivity index (χ4n) is 3.69. The summed E-state index contributed by atoms with van der Waals surface area (Å²) in [5.41, 5.74) is 1.19. The van der Waals surface area contributed by atoms with E-state index in [2.05, 4.69) is 20.5 Å². The molecule has 2 aromatic heterocycles. The Bertz CT molecular complexity index is 1140. The van der Waals surface area contributed by atoms with Crippen LogP contribution in [0.3, 0.4) is 0 Å². The van der Waals surface area contributed by atoms with E-state index in [4.69, 9.17) is 4.98 Å². The Kier molecular flexibility index (Phi) is 5.30. The van der Waals surface area contributed by atoms with E-state index in [0.717, 1.165) is 36.5 Å². The van der Waals surface area contributed by atoms with Gasteiger partial charge < -0.3 is 14.0 Å². The molecule has 0 unspecified atom stereocenters. The van der Waals surface area contributed by atoms with Crippen LogP contribution in [0.25, 0.3) is 11.0 Å². The molecule has 1 aliphatic rings. The Morgan fingerprint density at radius 2 is 1.86 bits per heavy atom. The van der Waals surface area contributed by atoms with Crippen LogP contribution < -0.4 is 11.2 Å². The van der Waals surface area contributed by atoms with Crippen LogP contribution >= 0.6 is 0 Å². The van der Waals surface area contributed by atoms with Crippen molar-refractivity contribution in [2.45, 2.75) is 19.5 Å². The van der Waals surface area contributed by atoms with Crippen molar-refractivity contribution >= 4 is 16.9 Å². The summed E-state index contributed by atoms with van der Waals surface area (Å²) in [7, 11) is 2.03. The summed E-state index contributed by atoms with van der Waals surface area (Å²) in [5.74, 6) is 1.04. The first-order chi connectivity index (χ1) is 14.0. The van der Waals surface area contributed by atoms with Crippen LogP contribution in [-0.2, 0) is 24.9 Å². The summed E-state index contributed by atoms with van der Waals surface area (Å²) in [6.07, 6.45) is 1.65. The van der Waals surface area contributed by atoms with Crippen LogP contribution in [0.2, 0.25) is 0 Å². The topological polar surface area (TPSA) is 96.2 Å². The number of fused-ring (bicyclic) bond motifs is 1. The summed E-state index contributed by atoms with van der Waals surface area (Å²) in [6, 6.07) is 9.37. The first-order valence-electron chi connectivity index (χ1n) is 9.71. The van der Waals surface area contributed by atoms with Gasteiger partial charge in [-0.1, -0.05) is 12.1 Å². The Hall–Kier alpha value is -3.20. The van der Waals surface area contributed by atoms with Crippen LogP contribution in [0.5, 0.6) is 0 Å². The summed E-state index contributed by atoms with van der Waals surface area (Å²) < 4.78 is 3.47. The van der Waals surface area contributed by atoms with Crippen LogP contribution in [0, 0.1) is 0 Å². The third-order valence-corrected chi connectivity index (χ3v) is 5.43. The number of hydrogen-bond donors (Lipinski definition) is 1. The lowest BCUT2D eigenvalue weighted by Gasteiger charge is -2.34. The molecule has 29 heavy (non-hydrogen) atoms. The van der Waals surface area contributed by atoms with Gasteiger partial charge in [0.15, 0.2) is 0 Å². The summed E-state index contributed by atoms with van der Waals surface area (Å²) in [4.78, 5) is 46.4. The monoisotopic (exact) mass is 396 g/mol. The SMILES string of the molecule is Cn1c(CN2CCN(C(=O)CCn3ccc(=O)[nH]c3=O)CC2)nc2ccccc21.